The topological polar surface area (TPSA) is 73.1 Å². The van der Waals surface area contributed by atoms with Crippen molar-refractivity contribution in [3.05, 3.63) is 47.4 Å². The van der Waals surface area contributed by atoms with Crippen LogP contribution in [0, 0.1) is 13.8 Å². The van der Waals surface area contributed by atoms with Gasteiger partial charge in [0.15, 0.2) is 11.6 Å². The van der Waals surface area contributed by atoms with Crippen molar-refractivity contribution >= 4 is 11.6 Å². The molecule has 92 valence electrons. The smallest absolute Gasteiger partial charge is 0.190 e. The number of nitrogens with zero attached hydrogens (tertiary/aromatic N) is 2. The molecule has 2 aromatic heterocycles. The second-order valence-corrected chi connectivity index (χ2v) is 3.94. The van der Waals surface area contributed by atoms with Crippen molar-refractivity contribution in [1.82, 2.24) is 9.97 Å². The molecule has 2 rings (SSSR count). The first kappa shape index (κ1) is 12.2. The van der Waals surface area contributed by atoms with Crippen molar-refractivity contribution in [2.45, 2.75) is 20.3 Å². The number of furan rings is 1. The highest BCUT2D eigenvalue weighted by molar-refractivity contribution is 6.13. The molecule has 0 saturated carbocycles. The number of ketones is 2. The number of carbonyl (C=O) groups is 2. The molecule has 18 heavy (non-hydrogen) atoms. The highest BCUT2D eigenvalue weighted by atomic mass is 16.3. The molecule has 0 radical (unpaired) electrons. The normalized spacial score (nSPS) is 10.3. The summed E-state index contributed by atoms with van der Waals surface area (Å²) in [5.41, 5.74) is 0.647. The third-order valence-electron chi connectivity index (χ3n) is 2.51. The van der Waals surface area contributed by atoms with Crippen LogP contribution in [-0.4, -0.2) is 21.5 Å². The molecule has 5 nitrogen and oxygen atoms in total. The fraction of sp³-hybridized carbons (Fsp3) is 0.231. The standard InChI is InChI=1S/C13H12N2O3/c1-8-5-10(9(2)18-8)12(16)6-13(17)11-7-14-3-4-15-11/h3-5,7H,6H2,1-2H3. The number of rotatable bonds is 4. The van der Waals surface area contributed by atoms with Gasteiger partial charge in [0.05, 0.1) is 18.2 Å². The molecule has 0 aliphatic heterocycles. The van der Waals surface area contributed by atoms with Gasteiger partial charge in [0, 0.05) is 12.4 Å². The van der Waals surface area contributed by atoms with Crippen LogP contribution >= 0.6 is 0 Å². The molecule has 0 aliphatic carbocycles. The van der Waals surface area contributed by atoms with Gasteiger partial charge < -0.3 is 4.42 Å². The first-order valence-corrected chi connectivity index (χ1v) is 5.47. The van der Waals surface area contributed by atoms with Gasteiger partial charge >= 0.3 is 0 Å². The highest BCUT2D eigenvalue weighted by Gasteiger charge is 2.18. The molecule has 0 bridgehead atoms. The minimum atomic E-state index is -0.341. The van der Waals surface area contributed by atoms with Crippen LogP contribution in [0.15, 0.2) is 29.1 Å². The minimum absolute atomic E-state index is 0.198. The van der Waals surface area contributed by atoms with Gasteiger partial charge in [-0.15, -0.1) is 0 Å². The molecule has 2 heterocycles. The maximum Gasteiger partial charge on any atom is 0.190 e. The lowest BCUT2D eigenvalue weighted by Gasteiger charge is -1.98. The average Bonchev–Trinajstić information content (AvgIpc) is 2.69. The molecule has 0 amide bonds. The van der Waals surface area contributed by atoms with Gasteiger partial charge in [-0.3, -0.25) is 14.6 Å². The minimum Gasteiger partial charge on any atom is -0.466 e. The summed E-state index contributed by atoms with van der Waals surface area (Å²) < 4.78 is 5.26. The third-order valence-corrected chi connectivity index (χ3v) is 2.51. The fourth-order valence-corrected chi connectivity index (χ4v) is 1.68. The Morgan fingerprint density at radius 3 is 2.56 bits per heavy atom. The van der Waals surface area contributed by atoms with Crippen molar-refractivity contribution in [2.24, 2.45) is 0 Å². The van der Waals surface area contributed by atoms with E-state index in [0.717, 1.165) is 0 Å². The van der Waals surface area contributed by atoms with E-state index in [1.165, 1.54) is 18.6 Å². The maximum absolute atomic E-state index is 11.9. The molecular formula is C13H12N2O3. The first-order chi connectivity index (χ1) is 8.58. The Kier molecular flexibility index (Phi) is 3.32. The zero-order valence-corrected chi connectivity index (χ0v) is 10.1. The molecule has 0 fully saturated rings. The molecule has 0 spiro atoms. The van der Waals surface area contributed by atoms with E-state index in [2.05, 4.69) is 9.97 Å². The van der Waals surface area contributed by atoms with Crippen LogP contribution in [-0.2, 0) is 0 Å². The number of aromatic nitrogens is 2. The van der Waals surface area contributed by atoms with Gasteiger partial charge in [0.2, 0.25) is 0 Å². The second-order valence-electron chi connectivity index (χ2n) is 3.94. The van der Waals surface area contributed by atoms with E-state index < -0.39 is 0 Å². The summed E-state index contributed by atoms with van der Waals surface area (Å²) in [6.07, 6.45) is 4.02. The molecule has 0 unspecified atom stereocenters. The van der Waals surface area contributed by atoms with Crippen LogP contribution in [0.5, 0.6) is 0 Å². The van der Waals surface area contributed by atoms with Crippen molar-refractivity contribution in [3.8, 4) is 0 Å². The lowest BCUT2D eigenvalue weighted by Crippen LogP contribution is -2.10. The summed E-state index contributed by atoms with van der Waals surface area (Å²) in [6.45, 7) is 3.46. The van der Waals surface area contributed by atoms with E-state index >= 15 is 0 Å². The van der Waals surface area contributed by atoms with E-state index in [4.69, 9.17) is 4.42 Å². The number of hydrogen-bond donors (Lipinski definition) is 0. The Hall–Kier alpha value is -2.30. The molecule has 0 aromatic carbocycles. The van der Waals surface area contributed by atoms with Gasteiger partial charge in [0.25, 0.3) is 0 Å². The van der Waals surface area contributed by atoms with Gasteiger partial charge in [-0.1, -0.05) is 0 Å². The predicted octanol–water partition coefficient (Wildman–Crippen LogP) is 2.14. The van der Waals surface area contributed by atoms with E-state index in [0.29, 0.717) is 17.1 Å². The number of aryl methyl sites for hydroxylation is 2. The van der Waals surface area contributed by atoms with Gasteiger partial charge in [-0.25, -0.2) is 4.98 Å². The third kappa shape index (κ3) is 2.51. The van der Waals surface area contributed by atoms with E-state index in [-0.39, 0.29) is 23.7 Å². The predicted molar refractivity (Wildman–Crippen MR) is 63.5 cm³/mol. The van der Waals surface area contributed by atoms with Crippen molar-refractivity contribution in [3.63, 3.8) is 0 Å². The monoisotopic (exact) mass is 244 g/mol. The molecular weight excluding hydrogens is 232 g/mol. The average molecular weight is 244 g/mol. The van der Waals surface area contributed by atoms with Crippen molar-refractivity contribution in [2.75, 3.05) is 0 Å². The molecule has 0 aliphatic rings. The Balaban J connectivity index is 2.13. The molecule has 0 saturated heterocycles. The summed E-state index contributed by atoms with van der Waals surface area (Å²) in [6, 6.07) is 1.64. The van der Waals surface area contributed by atoms with Crippen LogP contribution in [0.2, 0.25) is 0 Å². The molecule has 2 aromatic rings. The van der Waals surface area contributed by atoms with E-state index in [1.54, 1.807) is 19.9 Å². The zero-order valence-electron chi connectivity index (χ0n) is 10.1. The summed E-state index contributed by atoms with van der Waals surface area (Å²) in [5.74, 6) is 0.582. The van der Waals surface area contributed by atoms with Crippen LogP contribution in [0.3, 0.4) is 0 Å². The van der Waals surface area contributed by atoms with Crippen LogP contribution in [0.25, 0.3) is 0 Å². The second kappa shape index (κ2) is 4.91. The van der Waals surface area contributed by atoms with E-state index in [1.807, 2.05) is 0 Å². The first-order valence-electron chi connectivity index (χ1n) is 5.47. The summed E-state index contributed by atoms with van der Waals surface area (Å²) in [7, 11) is 0. The summed E-state index contributed by atoms with van der Waals surface area (Å²) >= 11 is 0. The molecule has 0 atom stereocenters. The Morgan fingerprint density at radius 2 is 2.00 bits per heavy atom. The van der Waals surface area contributed by atoms with Crippen LogP contribution < -0.4 is 0 Å². The fourth-order valence-electron chi connectivity index (χ4n) is 1.68. The van der Waals surface area contributed by atoms with E-state index in [9.17, 15) is 9.59 Å². The summed E-state index contributed by atoms with van der Waals surface area (Å²) in [4.78, 5) is 31.4. The lowest BCUT2D eigenvalue weighted by molar-refractivity contribution is 0.0890. The van der Waals surface area contributed by atoms with Gasteiger partial charge in [0.1, 0.15) is 17.2 Å². The SMILES string of the molecule is Cc1cc(C(=O)CC(=O)c2cnccn2)c(C)o1. The largest absolute Gasteiger partial charge is 0.466 e. The Morgan fingerprint density at radius 1 is 1.22 bits per heavy atom. The van der Waals surface area contributed by atoms with Crippen LogP contribution in [0.1, 0.15) is 38.8 Å². The molecule has 5 heteroatoms. The highest BCUT2D eigenvalue weighted by Crippen LogP contribution is 2.16. The molecule has 0 N–H and O–H groups in total. The number of carbonyl (C=O) groups excluding carboxylic acids is 2. The van der Waals surface area contributed by atoms with Crippen molar-refractivity contribution < 1.29 is 14.0 Å². The summed E-state index contributed by atoms with van der Waals surface area (Å²) in [5, 5.41) is 0. The van der Waals surface area contributed by atoms with Gasteiger partial charge in [-0.05, 0) is 19.9 Å². The lowest BCUT2D eigenvalue weighted by atomic mass is 10.1. The van der Waals surface area contributed by atoms with Crippen molar-refractivity contribution in [1.29, 1.82) is 0 Å². The van der Waals surface area contributed by atoms with Crippen LogP contribution in [0.4, 0.5) is 0 Å². The number of hydrogen-bond acceptors (Lipinski definition) is 5. The Labute approximate surface area is 104 Å². The van der Waals surface area contributed by atoms with Gasteiger partial charge in [-0.2, -0.15) is 0 Å². The Bertz CT molecular complexity index is 588. The number of Topliss-reactive ketones (excluding diaryl/α,β-unsaturated/α-hetero) is 2. The quantitative estimate of drug-likeness (QED) is 0.608. The zero-order chi connectivity index (χ0) is 13.1. The maximum atomic E-state index is 11.9.